The zero-order valence-corrected chi connectivity index (χ0v) is 18.0. The number of phenolic OH excluding ortho intramolecular Hbond substituents is 1. The topological polar surface area (TPSA) is 32.7 Å². The van der Waals surface area contributed by atoms with E-state index in [0.717, 1.165) is 25.1 Å². The maximum atomic E-state index is 10.4. The molecule has 2 unspecified atom stereocenters. The minimum absolute atomic E-state index is 0.217. The second kappa shape index (κ2) is 9.15. The molecule has 31 heavy (non-hydrogen) atoms. The van der Waals surface area contributed by atoms with Crippen LogP contribution in [0.15, 0.2) is 72.8 Å². The molecule has 2 atom stereocenters. The number of benzene rings is 3. The van der Waals surface area contributed by atoms with E-state index in [1.807, 2.05) is 12.1 Å². The molecule has 3 heteroatoms. The number of phenols is 1. The van der Waals surface area contributed by atoms with Gasteiger partial charge in [0.2, 0.25) is 0 Å². The van der Waals surface area contributed by atoms with Crippen LogP contribution in [-0.4, -0.2) is 36.2 Å². The highest BCUT2D eigenvalue weighted by atomic mass is 16.5. The van der Waals surface area contributed by atoms with Gasteiger partial charge >= 0.3 is 0 Å². The lowest BCUT2D eigenvalue weighted by Gasteiger charge is -2.36. The lowest BCUT2D eigenvalue weighted by atomic mass is 9.69. The van der Waals surface area contributed by atoms with Crippen LogP contribution in [0.3, 0.4) is 0 Å². The average Bonchev–Trinajstić information content (AvgIpc) is 3.33. The molecular weight excluding hydrogens is 382 g/mol. The fraction of sp³-hybridized carbons (Fsp3) is 0.357. The summed E-state index contributed by atoms with van der Waals surface area (Å²) in [5.41, 5.74) is 5.16. The second-order valence-corrected chi connectivity index (χ2v) is 8.86. The van der Waals surface area contributed by atoms with E-state index in [2.05, 4.69) is 65.6 Å². The van der Waals surface area contributed by atoms with Crippen molar-refractivity contribution in [3.63, 3.8) is 0 Å². The Morgan fingerprint density at radius 3 is 2.26 bits per heavy atom. The number of fused-ring (bicyclic) bond motifs is 1. The Bertz CT molecular complexity index is 996. The van der Waals surface area contributed by atoms with E-state index in [1.165, 1.54) is 48.2 Å². The monoisotopic (exact) mass is 413 g/mol. The Balaban J connectivity index is 1.53. The highest BCUT2D eigenvalue weighted by molar-refractivity contribution is 5.54. The number of rotatable bonds is 6. The molecule has 5 rings (SSSR count). The largest absolute Gasteiger partial charge is 0.508 e. The van der Waals surface area contributed by atoms with Gasteiger partial charge in [0.05, 0.1) is 0 Å². The molecule has 0 saturated carbocycles. The van der Waals surface area contributed by atoms with Crippen molar-refractivity contribution in [2.45, 2.75) is 37.5 Å². The smallest absolute Gasteiger partial charge is 0.127 e. The molecule has 3 aromatic carbocycles. The standard InChI is InChI=1S/C28H31NO2/c30-24-19-23-13-14-25(21-9-3-1-4-10-21)27(22-11-5-2-6-12-22)28(23)26(20-24)31-18-17-29-15-7-8-16-29/h1-6,9-12,19-20,25,27,30H,7-8,13-18H2. The quantitative estimate of drug-likeness (QED) is 0.560. The van der Waals surface area contributed by atoms with Crippen LogP contribution >= 0.6 is 0 Å². The zero-order chi connectivity index (χ0) is 21.0. The summed E-state index contributed by atoms with van der Waals surface area (Å²) in [7, 11) is 0. The minimum atomic E-state index is 0.217. The lowest BCUT2D eigenvalue weighted by Crippen LogP contribution is -2.26. The Morgan fingerprint density at radius 2 is 1.55 bits per heavy atom. The summed E-state index contributed by atoms with van der Waals surface area (Å²) >= 11 is 0. The van der Waals surface area contributed by atoms with Crippen LogP contribution in [0.25, 0.3) is 0 Å². The van der Waals surface area contributed by atoms with Gasteiger partial charge in [0.1, 0.15) is 18.1 Å². The van der Waals surface area contributed by atoms with Gasteiger partial charge in [-0.2, -0.15) is 0 Å². The van der Waals surface area contributed by atoms with Crippen molar-refractivity contribution in [1.82, 2.24) is 4.90 Å². The molecule has 0 spiro atoms. The first kappa shape index (κ1) is 20.1. The van der Waals surface area contributed by atoms with Crippen molar-refractivity contribution in [3.05, 3.63) is 95.1 Å². The van der Waals surface area contributed by atoms with Crippen LogP contribution in [0.1, 0.15) is 53.4 Å². The fourth-order valence-electron chi connectivity index (χ4n) is 5.44. The van der Waals surface area contributed by atoms with Crippen molar-refractivity contribution in [3.8, 4) is 11.5 Å². The molecular formula is C28H31NO2. The summed E-state index contributed by atoms with van der Waals surface area (Å²) in [4.78, 5) is 2.47. The molecule has 1 N–H and O–H groups in total. The van der Waals surface area contributed by atoms with Crippen LogP contribution in [0.2, 0.25) is 0 Å². The van der Waals surface area contributed by atoms with E-state index in [9.17, 15) is 5.11 Å². The van der Waals surface area contributed by atoms with Crippen molar-refractivity contribution in [1.29, 1.82) is 0 Å². The zero-order valence-electron chi connectivity index (χ0n) is 18.0. The molecule has 1 fully saturated rings. The first-order chi connectivity index (χ1) is 15.3. The highest BCUT2D eigenvalue weighted by Gasteiger charge is 2.34. The van der Waals surface area contributed by atoms with E-state index in [4.69, 9.17) is 4.74 Å². The number of nitrogens with zero attached hydrogens (tertiary/aromatic N) is 1. The summed E-state index contributed by atoms with van der Waals surface area (Å²) in [5, 5.41) is 10.4. The molecule has 0 bridgehead atoms. The van der Waals surface area contributed by atoms with Gasteiger partial charge in [-0.15, -0.1) is 0 Å². The van der Waals surface area contributed by atoms with E-state index in [-0.39, 0.29) is 5.92 Å². The van der Waals surface area contributed by atoms with E-state index in [1.54, 1.807) is 0 Å². The Morgan fingerprint density at radius 1 is 0.871 bits per heavy atom. The average molecular weight is 414 g/mol. The third kappa shape index (κ3) is 4.33. The molecule has 3 nitrogen and oxygen atoms in total. The van der Waals surface area contributed by atoms with Crippen LogP contribution in [0.5, 0.6) is 11.5 Å². The van der Waals surface area contributed by atoms with Crippen LogP contribution in [0.4, 0.5) is 0 Å². The van der Waals surface area contributed by atoms with Gasteiger partial charge in [-0.05, 0) is 67.4 Å². The number of hydrogen-bond donors (Lipinski definition) is 1. The van der Waals surface area contributed by atoms with E-state index >= 15 is 0 Å². The van der Waals surface area contributed by atoms with E-state index in [0.29, 0.717) is 18.3 Å². The molecule has 3 aromatic rings. The van der Waals surface area contributed by atoms with Gasteiger partial charge in [-0.25, -0.2) is 0 Å². The maximum Gasteiger partial charge on any atom is 0.127 e. The molecule has 0 amide bonds. The SMILES string of the molecule is Oc1cc2c(c(OCCN3CCCC3)c1)C(c1ccccc1)C(c1ccccc1)CC2. The number of aryl methyl sites for hydroxylation is 1. The predicted molar refractivity (Wildman–Crippen MR) is 125 cm³/mol. The third-order valence-corrected chi connectivity index (χ3v) is 6.90. The number of ether oxygens (including phenoxy) is 1. The van der Waals surface area contributed by atoms with Crippen molar-refractivity contribution in [2.75, 3.05) is 26.2 Å². The first-order valence-electron chi connectivity index (χ1n) is 11.6. The van der Waals surface area contributed by atoms with Crippen molar-refractivity contribution >= 4 is 0 Å². The molecule has 1 aliphatic heterocycles. The molecule has 1 heterocycles. The molecule has 2 aliphatic rings. The van der Waals surface area contributed by atoms with Gasteiger partial charge < -0.3 is 9.84 Å². The van der Waals surface area contributed by atoms with Gasteiger partial charge in [0, 0.05) is 24.1 Å². The second-order valence-electron chi connectivity index (χ2n) is 8.86. The van der Waals surface area contributed by atoms with Crippen LogP contribution in [0, 0.1) is 0 Å². The third-order valence-electron chi connectivity index (χ3n) is 6.90. The van der Waals surface area contributed by atoms with Crippen molar-refractivity contribution in [2.24, 2.45) is 0 Å². The summed E-state index contributed by atoms with van der Waals surface area (Å²) in [6.45, 7) is 3.95. The number of likely N-dealkylation sites (tertiary alicyclic amines) is 1. The molecule has 0 aromatic heterocycles. The van der Waals surface area contributed by atoms with Crippen LogP contribution in [-0.2, 0) is 6.42 Å². The molecule has 1 aliphatic carbocycles. The fourth-order valence-corrected chi connectivity index (χ4v) is 5.44. The Hall–Kier alpha value is -2.78. The molecule has 0 radical (unpaired) electrons. The lowest BCUT2D eigenvalue weighted by molar-refractivity contribution is 0.234. The molecule has 160 valence electrons. The predicted octanol–water partition coefficient (Wildman–Crippen LogP) is 5.73. The summed E-state index contributed by atoms with van der Waals surface area (Å²) < 4.78 is 6.38. The number of aromatic hydroxyl groups is 1. The number of hydrogen-bond acceptors (Lipinski definition) is 3. The van der Waals surface area contributed by atoms with Crippen LogP contribution < -0.4 is 4.74 Å². The first-order valence-corrected chi connectivity index (χ1v) is 11.6. The Kier molecular flexibility index (Phi) is 5.95. The van der Waals surface area contributed by atoms with Gasteiger partial charge in [0.15, 0.2) is 0 Å². The molecule has 1 saturated heterocycles. The normalized spacial score (nSPS) is 21.0. The maximum absolute atomic E-state index is 10.4. The Labute approximate surface area is 185 Å². The van der Waals surface area contributed by atoms with E-state index < -0.39 is 0 Å². The van der Waals surface area contributed by atoms with Gasteiger partial charge in [0.25, 0.3) is 0 Å². The summed E-state index contributed by atoms with van der Waals surface area (Å²) in [6.07, 6.45) is 4.59. The summed E-state index contributed by atoms with van der Waals surface area (Å²) in [6, 6.07) is 25.4. The van der Waals surface area contributed by atoms with Gasteiger partial charge in [-0.3, -0.25) is 4.90 Å². The summed E-state index contributed by atoms with van der Waals surface area (Å²) in [5.74, 6) is 1.76. The minimum Gasteiger partial charge on any atom is -0.508 e. The van der Waals surface area contributed by atoms with Crippen molar-refractivity contribution < 1.29 is 9.84 Å². The highest BCUT2D eigenvalue weighted by Crippen LogP contribution is 2.50. The van der Waals surface area contributed by atoms with Gasteiger partial charge in [-0.1, -0.05) is 60.7 Å².